The molecule has 0 aliphatic rings. The Labute approximate surface area is 88.2 Å². The normalized spacial score (nSPS) is 11.5. The van der Waals surface area contributed by atoms with Crippen molar-refractivity contribution in [3.63, 3.8) is 0 Å². The van der Waals surface area contributed by atoms with Gasteiger partial charge in [-0.1, -0.05) is 34.1 Å². The molecule has 1 rings (SSSR count). The van der Waals surface area contributed by atoms with E-state index >= 15 is 0 Å². The van der Waals surface area contributed by atoms with E-state index < -0.39 is 0 Å². The maximum Gasteiger partial charge on any atom is 0.0361 e. The van der Waals surface area contributed by atoms with Crippen molar-refractivity contribution in [2.45, 2.75) is 6.92 Å². The number of benzene rings is 1. The van der Waals surface area contributed by atoms with Gasteiger partial charge in [-0.25, -0.2) is 0 Å². The molecule has 2 heteroatoms. The minimum absolute atomic E-state index is 1.14. The molecule has 1 aromatic rings. The molecule has 0 aliphatic carbocycles. The van der Waals surface area contributed by atoms with Crippen LogP contribution in [0.15, 0.2) is 30.3 Å². The molecule has 70 valence electrons. The van der Waals surface area contributed by atoms with Crippen molar-refractivity contribution in [2.75, 3.05) is 19.0 Å². The maximum absolute atomic E-state index is 3.49. The second-order valence-electron chi connectivity index (χ2n) is 3.08. The number of hydrogen-bond donors (Lipinski definition) is 0. The van der Waals surface area contributed by atoms with Gasteiger partial charge in [-0.2, -0.15) is 0 Å². The van der Waals surface area contributed by atoms with E-state index in [4.69, 9.17) is 0 Å². The second-order valence-corrected chi connectivity index (χ2v) is 3.93. The average Bonchev–Trinajstić information content (AvgIpc) is 2.17. The Morgan fingerprint density at radius 3 is 2.15 bits per heavy atom. The zero-order chi connectivity index (χ0) is 9.84. The highest BCUT2D eigenvalue weighted by Crippen LogP contribution is 2.22. The van der Waals surface area contributed by atoms with Crippen molar-refractivity contribution in [3.05, 3.63) is 35.9 Å². The molecule has 0 amide bonds. The van der Waals surface area contributed by atoms with Crippen LogP contribution in [0.2, 0.25) is 0 Å². The molecule has 1 aromatic carbocycles. The lowest BCUT2D eigenvalue weighted by molar-refractivity contribution is 1.13. The van der Waals surface area contributed by atoms with Gasteiger partial charge in [0.15, 0.2) is 0 Å². The lowest BCUT2D eigenvalue weighted by Crippen LogP contribution is -2.07. The molecule has 0 bridgehead atoms. The minimum Gasteiger partial charge on any atom is -0.378 e. The SMILES string of the molecule is C/C=C(\Br)c1ccc(N(C)C)cc1. The lowest BCUT2D eigenvalue weighted by atomic mass is 10.2. The molecule has 0 unspecified atom stereocenters. The summed E-state index contributed by atoms with van der Waals surface area (Å²) in [5.74, 6) is 0. The van der Waals surface area contributed by atoms with Crippen molar-refractivity contribution in [1.82, 2.24) is 0 Å². The first kappa shape index (κ1) is 10.3. The van der Waals surface area contributed by atoms with Crippen LogP contribution in [0.5, 0.6) is 0 Å². The zero-order valence-electron chi connectivity index (χ0n) is 8.21. The molecule has 0 radical (unpaired) electrons. The first-order chi connectivity index (χ1) is 6.15. The molecule has 0 saturated heterocycles. The molecular weight excluding hydrogens is 226 g/mol. The van der Waals surface area contributed by atoms with Crippen molar-refractivity contribution < 1.29 is 0 Å². The summed E-state index contributed by atoms with van der Waals surface area (Å²) in [5.41, 5.74) is 2.44. The summed E-state index contributed by atoms with van der Waals surface area (Å²) in [6.07, 6.45) is 2.05. The van der Waals surface area contributed by atoms with Crippen LogP contribution in [0.3, 0.4) is 0 Å². The molecule has 0 heterocycles. The molecule has 1 nitrogen and oxygen atoms in total. The van der Waals surface area contributed by atoms with Gasteiger partial charge in [0.25, 0.3) is 0 Å². The molecule has 0 aliphatic heterocycles. The van der Waals surface area contributed by atoms with Crippen molar-refractivity contribution in [1.29, 1.82) is 0 Å². The standard InChI is InChI=1S/C11H14BrN/c1-4-11(12)9-5-7-10(8-6-9)13(2)3/h4-8H,1-3H3/b11-4-. The smallest absolute Gasteiger partial charge is 0.0361 e. The van der Waals surface area contributed by atoms with Gasteiger partial charge < -0.3 is 4.90 Å². The Kier molecular flexibility index (Phi) is 3.55. The van der Waals surface area contributed by atoms with E-state index in [9.17, 15) is 0 Å². The Balaban J connectivity index is 2.94. The fourth-order valence-corrected chi connectivity index (χ4v) is 1.35. The van der Waals surface area contributed by atoms with E-state index in [1.807, 2.05) is 27.1 Å². The molecule has 0 N–H and O–H groups in total. The van der Waals surface area contributed by atoms with Crippen LogP contribution in [0, 0.1) is 0 Å². The van der Waals surface area contributed by atoms with Gasteiger partial charge >= 0.3 is 0 Å². The van der Waals surface area contributed by atoms with E-state index in [-0.39, 0.29) is 0 Å². The van der Waals surface area contributed by atoms with Gasteiger partial charge in [0.1, 0.15) is 0 Å². The molecule has 0 atom stereocenters. The summed E-state index contributed by atoms with van der Waals surface area (Å²) in [6.45, 7) is 2.02. The molecule has 0 fully saturated rings. The highest BCUT2D eigenvalue weighted by molar-refractivity contribution is 9.15. The maximum atomic E-state index is 3.49. The molecule has 0 saturated carbocycles. The third-order valence-corrected chi connectivity index (χ3v) is 2.83. The van der Waals surface area contributed by atoms with E-state index in [2.05, 4.69) is 45.1 Å². The monoisotopic (exact) mass is 239 g/mol. The van der Waals surface area contributed by atoms with Crippen LogP contribution in [0.1, 0.15) is 12.5 Å². The van der Waals surface area contributed by atoms with Crippen LogP contribution < -0.4 is 4.90 Å². The quantitative estimate of drug-likeness (QED) is 0.764. The van der Waals surface area contributed by atoms with Crippen LogP contribution >= 0.6 is 15.9 Å². The number of hydrogen-bond acceptors (Lipinski definition) is 1. The Morgan fingerprint density at radius 2 is 1.77 bits per heavy atom. The number of anilines is 1. The third-order valence-electron chi connectivity index (χ3n) is 1.91. The van der Waals surface area contributed by atoms with Crippen molar-refractivity contribution >= 4 is 26.1 Å². The topological polar surface area (TPSA) is 3.24 Å². The highest BCUT2D eigenvalue weighted by atomic mass is 79.9. The molecule has 13 heavy (non-hydrogen) atoms. The van der Waals surface area contributed by atoms with Crippen LogP contribution in [0.4, 0.5) is 5.69 Å². The summed E-state index contributed by atoms with van der Waals surface area (Å²) >= 11 is 3.49. The van der Waals surface area contributed by atoms with Gasteiger partial charge in [-0.05, 0) is 24.6 Å². The first-order valence-electron chi connectivity index (χ1n) is 4.24. The fourth-order valence-electron chi connectivity index (χ4n) is 1.09. The number of rotatable bonds is 2. The summed E-state index contributed by atoms with van der Waals surface area (Å²) < 4.78 is 1.14. The molecule has 0 spiro atoms. The van der Waals surface area contributed by atoms with Gasteiger partial charge in [0, 0.05) is 24.3 Å². The van der Waals surface area contributed by atoms with Crippen LogP contribution in [-0.2, 0) is 0 Å². The van der Waals surface area contributed by atoms with Gasteiger partial charge in [0.2, 0.25) is 0 Å². The number of nitrogens with zero attached hydrogens (tertiary/aromatic N) is 1. The first-order valence-corrected chi connectivity index (χ1v) is 5.04. The van der Waals surface area contributed by atoms with Crippen LogP contribution in [-0.4, -0.2) is 14.1 Å². The van der Waals surface area contributed by atoms with E-state index in [1.54, 1.807) is 0 Å². The predicted octanol–water partition coefficient (Wildman–Crippen LogP) is 3.51. The average molecular weight is 240 g/mol. The summed E-state index contributed by atoms with van der Waals surface area (Å²) in [4.78, 5) is 2.09. The van der Waals surface area contributed by atoms with Crippen molar-refractivity contribution in [2.24, 2.45) is 0 Å². The van der Waals surface area contributed by atoms with E-state index in [1.165, 1.54) is 11.3 Å². The third kappa shape index (κ3) is 2.59. The van der Waals surface area contributed by atoms with Crippen LogP contribution in [0.25, 0.3) is 4.48 Å². The molecular formula is C11H14BrN. The fraction of sp³-hybridized carbons (Fsp3) is 0.273. The number of halogens is 1. The van der Waals surface area contributed by atoms with Gasteiger partial charge in [-0.3, -0.25) is 0 Å². The van der Waals surface area contributed by atoms with E-state index in [0.717, 1.165) is 4.48 Å². The summed E-state index contributed by atoms with van der Waals surface area (Å²) in [7, 11) is 4.08. The minimum atomic E-state index is 1.14. The van der Waals surface area contributed by atoms with E-state index in [0.29, 0.717) is 0 Å². The largest absolute Gasteiger partial charge is 0.378 e. The highest BCUT2D eigenvalue weighted by Gasteiger charge is 1.97. The Morgan fingerprint density at radius 1 is 1.23 bits per heavy atom. The second kappa shape index (κ2) is 4.47. The predicted molar refractivity (Wildman–Crippen MR) is 63.3 cm³/mol. The lowest BCUT2D eigenvalue weighted by Gasteiger charge is -2.12. The Bertz CT molecular complexity index is 298. The molecule has 0 aromatic heterocycles. The summed E-state index contributed by atoms with van der Waals surface area (Å²) in [6, 6.07) is 8.44. The van der Waals surface area contributed by atoms with Crippen molar-refractivity contribution in [3.8, 4) is 0 Å². The Hall–Kier alpha value is -0.760. The number of allylic oxidation sites excluding steroid dienone is 1. The van der Waals surface area contributed by atoms with Gasteiger partial charge in [0.05, 0.1) is 0 Å². The summed E-state index contributed by atoms with van der Waals surface area (Å²) in [5, 5.41) is 0. The van der Waals surface area contributed by atoms with Gasteiger partial charge in [-0.15, -0.1) is 0 Å². The zero-order valence-corrected chi connectivity index (χ0v) is 9.80.